The standard InChI is InChI=1S/C57H69N7O14/c1-9-35-36-25-34(65)14-15-41(36)60-47-38(35)28-64-43(47)26-40-39(53(64)70)29-76-54(71)57(40,10-2)78-56(73)63-20-18-62(19-21-63)17-16-59-48-37-22-30(3)23-46(75-8)49(67)32(5)24-33(6)51(77-55(58)72)45(74-7)13-11-12-31(4)52(69)61-42(50(37)68)27-44(48)66/h11-16,24-27,30,32,45-46,49,51,65-68H,9-10,17-23,28-29H2,1-8H3,(H2,58,72)(H,61,69)/b13-11+,31-12?,33-24?,59-16?. The highest BCUT2D eigenvalue weighted by molar-refractivity contribution is 6.05. The lowest BCUT2D eigenvalue weighted by molar-refractivity contribution is -0.173. The maximum Gasteiger partial charge on any atom is 0.411 e. The quantitative estimate of drug-likeness (QED) is 0.0233. The second-order valence-corrected chi connectivity index (χ2v) is 20.5. The zero-order valence-electron chi connectivity index (χ0n) is 45.2. The number of pyridine rings is 2. The van der Waals surface area contributed by atoms with Crippen LogP contribution in [0, 0.1) is 11.8 Å². The minimum atomic E-state index is -1.91. The number of carbonyl (C=O) groups is 4. The van der Waals surface area contributed by atoms with E-state index in [1.54, 1.807) is 81.0 Å². The molecule has 0 spiro atoms. The van der Waals surface area contributed by atoms with E-state index in [0.29, 0.717) is 48.4 Å². The third-order valence-electron chi connectivity index (χ3n) is 15.4. The molecular formula is C57H69N7O14. The molecule has 4 aliphatic heterocycles. The summed E-state index contributed by atoms with van der Waals surface area (Å²) in [5.41, 5.74) is 8.16. The second-order valence-electron chi connectivity index (χ2n) is 20.5. The number of piperazine rings is 1. The van der Waals surface area contributed by atoms with Gasteiger partial charge in [-0.15, -0.1) is 0 Å². The van der Waals surface area contributed by atoms with Gasteiger partial charge in [0.05, 0.1) is 46.9 Å². The van der Waals surface area contributed by atoms with Gasteiger partial charge in [0.1, 0.15) is 35.6 Å². The third kappa shape index (κ3) is 11.2. The fraction of sp³-hybridized carbons (Fsp3) is 0.456. The lowest BCUT2D eigenvalue weighted by Gasteiger charge is -2.39. The molecule has 1 fully saturated rings. The number of aliphatic hydroxyl groups is 1. The Labute approximate surface area is 451 Å². The molecule has 2 aromatic carbocycles. The normalized spacial score (nSPS) is 24.6. The van der Waals surface area contributed by atoms with Crippen molar-refractivity contribution in [2.24, 2.45) is 22.6 Å². The predicted octanol–water partition coefficient (Wildman–Crippen LogP) is 6.38. The maximum atomic E-state index is 14.3. The van der Waals surface area contributed by atoms with Crippen molar-refractivity contribution in [2.75, 3.05) is 52.3 Å². The summed E-state index contributed by atoms with van der Waals surface area (Å²) in [4.78, 5) is 80.8. The molecule has 3 amide bonds. The molecule has 2 aromatic heterocycles. The van der Waals surface area contributed by atoms with Crippen LogP contribution in [0.1, 0.15) is 82.2 Å². The number of phenolic OH excluding ortho intramolecular Hbond substituents is 3. The Morgan fingerprint density at radius 3 is 2.42 bits per heavy atom. The van der Waals surface area contributed by atoms with Crippen molar-refractivity contribution in [3.63, 3.8) is 0 Å². The maximum absolute atomic E-state index is 14.3. The van der Waals surface area contributed by atoms with Crippen molar-refractivity contribution in [1.82, 2.24) is 19.4 Å². The molecule has 0 aliphatic carbocycles. The summed E-state index contributed by atoms with van der Waals surface area (Å²) in [5.74, 6) is -2.70. The van der Waals surface area contributed by atoms with Crippen LogP contribution in [0.4, 0.5) is 21.0 Å². The van der Waals surface area contributed by atoms with Gasteiger partial charge in [0.15, 0.2) is 6.10 Å². The number of allylic oxidation sites excluding steroid dienone is 2. The number of cyclic esters (lactones) is 1. The lowest BCUT2D eigenvalue weighted by Crippen LogP contribution is -2.53. The van der Waals surface area contributed by atoms with Gasteiger partial charge >= 0.3 is 18.2 Å². The minimum Gasteiger partial charge on any atom is -0.508 e. The van der Waals surface area contributed by atoms with E-state index in [1.807, 2.05) is 18.7 Å². The largest absolute Gasteiger partial charge is 0.508 e. The number of nitrogens with one attached hydrogen (secondary N) is 1. The van der Waals surface area contributed by atoms with Gasteiger partial charge in [0.25, 0.3) is 11.5 Å². The molecule has 7 unspecified atom stereocenters. The molecule has 6 heterocycles. The highest BCUT2D eigenvalue weighted by Crippen LogP contribution is 2.45. The summed E-state index contributed by atoms with van der Waals surface area (Å²) in [5, 5.41) is 48.7. The molecule has 2 bridgehead atoms. The number of aromatic hydroxyl groups is 3. The highest BCUT2D eigenvalue weighted by atomic mass is 16.6. The minimum absolute atomic E-state index is 0.00929. The van der Waals surface area contributed by atoms with E-state index < -0.39 is 60.0 Å². The second kappa shape index (κ2) is 23.6. The number of nitrogens with zero attached hydrogens (tertiary/aromatic N) is 5. The van der Waals surface area contributed by atoms with E-state index in [1.165, 1.54) is 31.3 Å². The van der Waals surface area contributed by atoms with Gasteiger partial charge in [-0.3, -0.25) is 19.5 Å². The topological polar surface area (TPSA) is 287 Å². The number of amides is 3. The van der Waals surface area contributed by atoms with E-state index >= 15 is 0 Å². The van der Waals surface area contributed by atoms with E-state index in [4.69, 9.17) is 34.4 Å². The molecule has 21 heteroatoms. The first-order chi connectivity index (χ1) is 37.2. The van der Waals surface area contributed by atoms with Gasteiger partial charge in [0.2, 0.25) is 5.60 Å². The summed E-state index contributed by atoms with van der Waals surface area (Å²) in [6, 6.07) is 7.89. The number of nitrogens with two attached hydrogens (primary N) is 1. The van der Waals surface area contributed by atoms with Crippen molar-refractivity contribution in [3.8, 4) is 28.6 Å². The number of fused-ring (bicyclic) bond motifs is 7. The van der Waals surface area contributed by atoms with Gasteiger partial charge in [-0.05, 0) is 80.9 Å². The number of rotatable bonds is 9. The van der Waals surface area contributed by atoms with Crippen LogP contribution in [0.2, 0.25) is 0 Å². The van der Waals surface area contributed by atoms with Gasteiger partial charge in [-0.25, -0.2) is 19.4 Å². The van der Waals surface area contributed by atoms with Gasteiger partial charge in [-0.1, -0.05) is 52.0 Å². The van der Waals surface area contributed by atoms with Crippen LogP contribution in [-0.4, -0.2) is 141 Å². The molecule has 7 N–H and O–H groups in total. The average molecular weight is 1080 g/mol. The van der Waals surface area contributed by atoms with Crippen molar-refractivity contribution in [3.05, 3.63) is 104 Å². The number of aryl methyl sites for hydroxylation is 1. The van der Waals surface area contributed by atoms with E-state index in [2.05, 4.69) is 10.3 Å². The number of carbonyl (C=O) groups excluding carboxylic acids is 4. The lowest BCUT2D eigenvalue weighted by atomic mass is 9.85. The van der Waals surface area contributed by atoms with E-state index in [9.17, 15) is 44.4 Å². The number of anilines is 1. The summed E-state index contributed by atoms with van der Waals surface area (Å²) >= 11 is 0. The van der Waals surface area contributed by atoms with E-state index in [-0.39, 0.29) is 108 Å². The molecule has 416 valence electrons. The monoisotopic (exact) mass is 1080 g/mol. The number of aliphatic hydroxyl groups excluding tert-OH is 1. The van der Waals surface area contributed by atoms with Gasteiger partial charge in [-0.2, -0.15) is 0 Å². The van der Waals surface area contributed by atoms with Gasteiger partial charge < -0.3 is 64.6 Å². The number of hydrogen-bond acceptors (Lipinski definition) is 17. The molecule has 8 rings (SSSR count). The zero-order valence-corrected chi connectivity index (χ0v) is 45.2. The fourth-order valence-corrected chi connectivity index (χ4v) is 11.0. The summed E-state index contributed by atoms with van der Waals surface area (Å²) in [6.45, 7) is 12.0. The predicted molar refractivity (Wildman–Crippen MR) is 290 cm³/mol. The molecular weight excluding hydrogens is 1010 g/mol. The van der Waals surface area contributed by atoms with Crippen LogP contribution in [-0.2, 0) is 64.9 Å². The Morgan fingerprint density at radius 2 is 1.74 bits per heavy atom. The van der Waals surface area contributed by atoms with Crippen molar-refractivity contribution < 1.29 is 63.3 Å². The molecule has 78 heavy (non-hydrogen) atoms. The smallest absolute Gasteiger partial charge is 0.411 e. The Morgan fingerprint density at radius 1 is 1.00 bits per heavy atom. The summed E-state index contributed by atoms with van der Waals surface area (Å²) in [6.07, 6.45) is 3.68. The van der Waals surface area contributed by atoms with Crippen molar-refractivity contribution in [2.45, 2.75) is 110 Å². The first kappa shape index (κ1) is 56.6. The first-order valence-corrected chi connectivity index (χ1v) is 26.2. The molecule has 0 radical (unpaired) electrons. The Hall–Kier alpha value is -7.59. The SMILES string of the molecule is CCc1c2c(nc3ccc(O)cc13)-c1cc3c(c(=O)n1C2)COC(=O)C3(CC)OC(=O)N1CCN(CC=Nc2c(O)cc3c(O)c2CC(C)CC(OC)C(O)C(C)C=C(C)C(OC(N)=O)C(OC)/C=C/C=C(C)C(=O)N3)CC1. The number of esters is 1. The number of aromatic nitrogens is 2. The van der Waals surface area contributed by atoms with Crippen LogP contribution in [0.25, 0.3) is 22.3 Å². The van der Waals surface area contributed by atoms with Crippen LogP contribution in [0.5, 0.6) is 17.2 Å². The molecule has 0 saturated carbocycles. The van der Waals surface area contributed by atoms with Crippen LogP contribution in [0.3, 0.4) is 0 Å². The fourth-order valence-electron chi connectivity index (χ4n) is 11.0. The summed E-state index contributed by atoms with van der Waals surface area (Å²) < 4.78 is 30.3. The number of ether oxygens (including phenoxy) is 5. The number of benzene rings is 2. The molecule has 21 nitrogen and oxygen atoms in total. The number of aliphatic imine (C=N–C) groups is 1. The van der Waals surface area contributed by atoms with Crippen LogP contribution in [0.15, 0.2) is 75.6 Å². The first-order valence-electron chi connectivity index (χ1n) is 26.2. The van der Waals surface area contributed by atoms with Crippen LogP contribution < -0.4 is 16.6 Å². The van der Waals surface area contributed by atoms with Crippen molar-refractivity contribution in [1.29, 1.82) is 0 Å². The molecule has 4 aromatic rings. The van der Waals surface area contributed by atoms with E-state index in [0.717, 1.165) is 16.5 Å². The Kier molecular flexibility index (Phi) is 17.1. The van der Waals surface area contributed by atoms with Crippen LogP contribution >= 0.6 is 0 Å². The Bertz CT molecular complexity index is 3190. The number of primary amides is 1. The zero-order chi connectivity index (χ0) is 56.3. The molecule has 1 saturated heterocycles. The number of hydrogen-bond donors (Lipinski definition) is 6. The average Bonchev–Trinajstić information content (AvgIpc) is 3.84. The highest BCUT2D eigenvalue weighted by Gasteiger charge is 2.51. The summed E-state index contributed by atoms with van der Waals surface area (Å²) in [7, 11) is 2.91. The van der Waals surface area contributed by atoms with Crippen molar-refractivity contribution >= 4 is 52.6 Å². The third-order valence-corrected chi connectivity index (χ3v) is 15.4. The number of methoxy groups -OCH3 is 2. The molecule has 4 aliphatic rings. The van der Waals surface area contributed by atoms with Gasteiger partial charge in [0, 0.05) is 92.8 Å². The Balaban J connectivity index is 0.994. The molecule has 7 atom stereocenters. The number of phenols is 3.